The number of aromatic nitrogens is 1. The Morgan fingerprint density at radius 3 is 2.38 bits per heavy atom. The molecule has 3 atom stereocenters. The van der Waals surface area contributed by atoms with E-state index in [1.54, 1.807) is 23.5 Å². The van der Waals surface area contributed by atoms with Gasteiger partial charge in [-0.2, -0.15) is 0 Å². The molecule has 1 aromatic heterocycles. The lowest BCUT2D eigenvalue weighted by Crippen LogP contribution is -2.37. The number of imide groups is 1. The first-order valence-corrected chi connectivity index (χ1v) is 9.51. The molecular formula is C23H19N3O3. The highest BCUT2D eigenvalue weighted by Crippen LogP contribution is 2.47. The second kappa shape index (κ2) is 6.83. The smallest absolute Gasteiger partial charge is 0.266 e. The van der Waals surface area contributed by atoms with Crippen LogP contribution in [0.2, 0.25) is 0 Å². The first kappa shape index (κ1) is 17.6. The molecule has 0 radical (unpaired) electrons. The number of carbonyl (C=O) groups is 2. The highest BCUT2D eigenvalue weighted by atomic mass is 16.7. The Bertz CT molecular complexity index is 1070. The molecule has 3 aromatic rings. The van der Waals surface area contributed by atoms with Crippen LogP contribution in [-0.2, 0) is 14.4 Å². The standard InChI is InChI=1S/C23H19N3O3/c1-15-8-5-6-12-18(15)25-22(27)19-20(16-9-7-13-24-14-16)26(29-21(19)23(25)28)17-10-3-2-4-11-17/h2-14,19-21H,1H3/t19-,20+,21+/m1/s1. The van der Waals surface area contributed by atoms with Crippen molar-refractivity contribution in [3.05, 3.63) is 90.3 Å². The summed E-state index contributed by atoms with van der Waals surface area (Å²) < 4.78 is 0. The van der Waals surface area contributed by atoms with Crippen LogP contribution in [0.3, 0.4) is 0 Å². The fourth-order valence-corrected chi connectivity index (χ4v) is 4.15. The van der Waals surface area contributed by atoms with Crippen molar-refractivity contribution in [2.75, 3.05) is 9.96 Å². The van der Waals surface area contributed by atoms with E-state index in [1.165, 1.54) is 4.90 Å². The van der Waals surface area contributed by atoms with Gasteiger partial charge in [-0.1, -0.05) is 42.5 Å². The molecule has 0 bridgehead atoms. The van der Waals surface area contributed by atoms with Crippen LogP contribution >= 0.6 is 0 Å². The molecule has 2 aromatic carbocycles. The number of aryl methyl sites for hydroxylation is 1. The van der Waals surface area contributed by atoms with Gasteiger partial charge in [0, 0.05) is 12.4 Å². The Hall–Kier alpha value is -3.51. The van der Waals surface area contributed by atoms with E-state index in [1.807, 2.05) is 67.6 Å². The summed E-state index contributed by atoms with van der Waals surface area (Å²) >= 11 is 0. The van der Waals surface area contributed by atoms with Crippen molar-refractivity contribution in [3.8, 4) is 0 Å². The second-order valence-corrected chi connectivity index (χ2v) is 7.24. The zero-order chi connectivity index (χ0) is 20.0. The lowest BCUT2D eigenvalue weighted by Gasteiger charge is -2.28. The number of pyridine rings is 1. The molecule has 6 nitrogen and oxygen atoms in total. The monoisotopic (exact) mass is 385 g/mol. The minimum Gasteiger partial charge on any atom is -0.273 e. The number of anilines is 2. The summed E-state index contributed by atoms with van der Waals surface area (Å²) in [4.78, 5) is 38.3. The van der Waals surface area contributed by atoms with Gasteiger partial charge >= 0.3 is 0 Å². The van der Waals surface area contributed by atoms with E-state index in [9.17, 15) is 9.59 Å². The molecule has 0 saturated carbocycles. The zero-order valence-corrected chi connectivity index (χ0v) is 15.8. The van der Waals surface area contributed by atoms with E-state index in [0.717, 1.165) is 16.8 Å². The maximum absolute atomic E-state index is 13.5. The molecule has 29 heavy (non-hydrogen) atoms. The van der Waals surface area contributed by atoms with Gasteiger partial charge in [-0.05, 0) is 42.3 Å². The normalized spacial score (nSPS) is 23.6. The average molecular weight is 385 g/mol. The fraction of sp³-hybridized carbons (Fsp3) is 0.174. The number of para-hydroxylation sites is 2. The van der Waals surface area contributed by atoms with Crippen LogP contribution in [-0.4, -0.2) is 22.9 Å². The van der Waals surface area contributed by atoms with Gasteiger partial charge in [0.15, 0.2) is 6.10 Å². The molecule has 2 fully saturated rings. The molecule has 2 aliphatic rings. The van der Waals surface area contributed by atoms with Crippen molar-refractivity contribution in [1.29, 1.82) is 0 Å². The number of carbonyl (C=O) groups excluding carboxylic acids is 2. The van der Waals surface area contributed by atoms with Crippen LogP contribution < -0.4 is 9.96 Å². The third kappa shape index (κ3) is 2.72. The Morgan fingerprint density at radius 2 is 1.66 bits per heavy atom. The largest absolute Gasteiger partial charge is 0.273 e. The number of rotatable bonds is 3. The second-order valence-electron chi connectivity index (χ2n) is 7.24. The Morgan fingerprint density at radius 1 is 0.897 bits per heavy atom. The van der Waals surface area contributed by atoms with E-state index in [-0.39, 0.29) is 11.8 Å². The lowest BCUT2D eigenvalue weighted by atomic mass is 9.91. The summed E-state index contributed by atoms with van der Waals surface area (Å²) in [6.07, 6.45) is 2.54. The molecule has 2 amide bonds. The van der Waals surface area contributed by atoms with E-state index >= 15 is 0 Å². The van der Waals surface area contributed by atoms with Crippen LogP contribution in [0.25, 0.3) is 0 Å². The molecule has 0 spiro atoms. The molecule has 0 aliphatic carbocycles. The molecule has 0 unspecified atom stereocenters. The van der Waals surface area contributed by atoms with Gasteiger partial charge in [0.25, 0.3) is 5.91 Å². The first-order chi connectivity index (χ1) is 14.2. The molecule has 5 rings (SSSR count). The predicted molar refractivity (Wildman–Crippen MR) is 108 cm³/mol. The van der Waals surface area contributed by atoms with Gasteiger partial charge in [-0.3, -0.25) is 19.4 Å². The van der Waals surface area contributed by atoms with Gasteiger partial charge in [0.05, 0.1) is 17.4 Å². The number of hydrogen-bond acceptors (Lipinski definition) is 5. The maximum Gasteiger partial charge on any atom is 0.266 e. The number of amides is 2. The summed E-state index contributed by atoms with van der Waals surface area (Å²) in [5.74, 6) is -1.23. The fourth-order valence-electron chi connectivity index (χ4n) is 4.15. The van der Waals surface area contributed by atoms with Crippen LogP contribution in [0.4, 0.5) is 11.4 Å². The topological polar surface area (TPSA) is 62.7 Å². The molecule has 6 heteroatoms. The minimum atomic E-state index is -0.868. The molecule has 0 N–H and O–H groups in total. The number of hydroxylamine groups is 1. The van der Waals surface area contributed by atoms with Crippen LogP contribution in [0, 0.1) is 12.8 Å². The minimum absolute atomic E-state index is 0.249. The van der Waals surface area contributed by atoms with Crippen LogP contribution in [0.5, 0.6) is 0 Å². The van der Waals surface area contributed by atoms with Crippen molar-refractivity contribution in [1.82, 2.24) is 4.98 Å². The van der Waals surface area contributed by atoms with Crippen LogP contribution in [0.1, 0.15) is 17.2 Å². The summed E-state index contributed by atoms with van der Waals surface area (Å²) in [6.45, 7) is 1.89. The summed E-state index contributed by atoms with van der Waals surface area (Å²) in [5, 5.41) is 1.68. The highest BCUT2D eigenvalue weighted by molar-refractivity contribution is 6.24. The van der Waals surface area contributed by atoms with Crippen molar-refractivity contribution in [2.24, 2.45) is 5.92 Å². The van der Waals surface area contributed by atoms with E-state index in [2.05, 4.69) is 4.98 Å². The van der Waals surface area contributed by atoms with Crippen molar-refractivity contribution in [2.45, 2.75) is 19.1 Å². The number of benzene rings is 2. The van der Waals surface area contributed by atoms with Crippen molar-refractivity contribution < 1.29 is 14.4 Å². The van der Waals surface area contributed by atoms with E-state index < -0.39 is 18.1 Å². The lowest BCUT2D eigenvalue weighted by molar-refractivity contribution is -0.126. The third-order valence-corrected chi connectivity index (χ3v) is 5.51. The highest BCUT2D eigenvalue weighted by Gasteiger charge is 2.60. The Balaban J connectivity index is 1.60. The maximum atomic E-state index is 13.5. The van der Waals surface area contributed by atoms with Crippen LogP contribution in [0.15, 0.2) is 79.1 Å². The Kier molecular flexibility index (Phi) is 4.14. The quantitative estimate of drug-likeness (QED) is 0.647. The van der Waals surface area contributed by atoms with Gasteiger partial charge < -0.3 is 0 Å². The summed E-state index contributed by atoms with van der Waals surface area (Å²) in [7, 11) is 0. The van der Waals surface area contributed by atoms with E-state index in [4.69, 9.17) is 4.84 Å². The third-order valence-electron chi connectivity index (χ3n) is 5.51. The van der Waals surface area contributed by atoms with Gasteiger partial charge in [0.2, 0.25) is 5.91 Å². The molecule has 3 heterocycles. The zero-order valence-electron chi connectivity index (χ0n) is 15.8. The van der Waals surface area contributed by atoms with E-state index in [0.29, 0.717) is 5.69 Å². The molecule has 2 aliphatic heterocycles. The van der Waals surface area contributed by atoms with Crippen molar-refractivity contribution in [3.63, 3.8) is 0 Å². The van der Waals surface area contributed by atoms with Crippen molar-refractivity contribution >= 4 is 23.2 Å². The first-order valence-electron chi connectivity index (χ1n) is 9.51. The number of fused-ring (bicyclic) bond motifs is 1. The SMILES string of the molecule is Cc1ccccc1N1C(=O)[C@H]2[C@H](ON(c3ccccc3)[C@H]2c2cccnc2)C1=O. The van der Waals surface area contributed by atoms with Gasteiger partial charge in [0.1, 0.15) is 5.92 Å². The molecule has 2 saturated heterocycles. The number of hydrogen-bond donors (Lipinski definition) is 0. The molecule has 144 valence electrons. The molecular weight excluding hydrogens is 366 g/mol. The van der Waals surface area contributed by atoms with Gasteiger partial charge in [-0.25, -0.2) is 9.96 Å². The average Bonchev–Trinajstić information content (AvgIpc) is 3.26. The predicted octanol–water partition coefficient (Wildman–Crippen LogP) is 3.44. The summed E-state index contributed by atoms with van der Waals surface area (Å²) in [5.41, 5.74) is 3.10. The number of nitrogens with zero attached hydrogens (tertiary/aromatic N) is 3. The van der Waals surface area contributed by atoms with Gasteiger partial charge in [-0.15, -0.1) is 0 Å². The Labute approximate surface area is 168 Å². The summed E-state index contributed by atoms with van der Waals surface area (Å²) in [6, 6.07) is 20.2.